The molecule has 0 saturated heterocycles. The Labute approximate surface area is 228 Å². The Balaban J connectivity index is 1.62. The van der Waals surface area contributed by atoms with Gasteiger partial charge >= 0.3 is 0 Å². The molecule has 1 atom stereocenters. The average molecular weight is 524 g/mol. The number of halogens is 1. The van der Waals surface area contributed by atoms with E-state index in [0.29, 0.717) is 41.4 Å². The molecule has 0 amide bonds. The number of anilines is 1. The maximum atomic E-state index is 13.5. The highest BCUT2D eigenvalue weighted by Crippen LogP contribution is 2.47. The number of nitriles is 1. The van der Waals surface area contributed by atoms with Crippen molar-refractivity contribution in [3.8, 4) is 11.8 Å². The molecule has 192 valence electrons. The van der Waals surface area contributed by atoms with Gasteiger partial charge in [0.2, 0.25) is 0 Å². The molecule has 1 aliphatic heterocycles. The van der Waals surface area contributed by atoms with E-state index in [1.165, 1.54) is 5.56 Å². The normalized spacial score (nSPS) is 17.4. The molecule has 5 nitrogen and oxygen atoms in total. The minimum Gasteiger partial charge on any atom is -0.489 e. The van der Waals surface area contributed by atoms with Crippen LogP contribution in [-0.4, -0.2) is 5.78 Å². The lowest BCUT2D eigenvalue weighted by atomic mass is 9.74. The molecule has 38 heavy (non-hydrogen) atoms. The van der Waals surface area contributed by atoms with E-state index in [4.69, 9.17) is 22.1 Å². The Morgan fingerprint density at radius 3 is 2.53 bits per heavy atom. The second-order valence-corrected chi connectivity index (χ2v) is 10.5. The number of nitrogens with two attached hydrogens (primary N) is 1. The van der Waals surface area contributed by atoms with Crippen molar-refractivity contribution in [1.29, 1.82) is 5.26 Å². The monoisotopic (exact) mass is 523 g/mol. The van der Waals surface area contributed by atoms with Crippen molar-refractivity contribution in [3.05, 3.63) is 116 Å². The number of nitrogens with zero attached hydrogens (tertiary/aromatic N) is 2. The van der Waals surface area contributed by atoms with Crippen LogP contribution in [0.15, 0.2) is 83.3 Å². The minimum atomic E-state index is -0.531. The van der Waals surface area contributed by atoms with Crippen molar-refractivity contribution >= 4 is 23.1 Å². The molecule has 5 rings (SSSR count). The number of ketones is 1. The molecule has 3 aromatic rings. The molecule has 6 heteroatoms. The van der Waals surface area contributed by atoms with Crippen LogP contribution in [0.5, 0.6) is 5.75 Å². The second-order valence-electron chi connectivity index (χ2n) is 10.0. The third kappa shape index (κ3) is 4.68. The van der Waals surface area contributed by atoms with Crippen LogP contribution < -0.4 is 15.4 Å². The largest absolute Gasteiger partial charge is 0.489 e. The average Bonchev–Trinajstić information content (AvgIpc) is 2.89. The quantitative estimate of drug-likeness (QED) is 0.384. The van der Waals surface area contributed by atoms with Gasteiger partial charge in [0, 0.05) is 28.4 Å². The van der Waals surface area contributed by atoms with E-state index in [0.717, 1.165) is 45.8 Å². The first-order valence-electron chi connectivity index (χ1n) is 12.8. The first-order valence-corrected chi connectivity index (χ1v) is 13.2. The number of hydrogen-bond acceptors (Lipinski definition) is 5. The van der Waals surface area contributed by atoms with Gasteiger partial charge in [0.1, 0.15) is 18.2 Å². The van der Waals surface area contributed by atoms with E-state index < -0.39 is 5.92 Å². The number of hydrogen-bond donors (Lipinski definition) is 1. The number of Topliss-reactive ketones (excluding diaryl/α,β-unsaturated/α-hetero) is 1. The zero-order chi connectivity index (χ0) is 27.0. The molecular weight excluding hydrogens is 494 g/mol. The predicted octanol–water partition coefficient (Wildman–Crippen LogP) is 7.15. The maximum absolute atomic E-state index is 13.5. The van der Waals surface area contributed by atoms with Gasteiger partial charge in [-0.25, -0.2) is 0 Å². The van der Waals surface area contributed by atoms with Crippen molar-refractivity contribution in [2.45, 2.75) is 52.6 Å². The zero-order valence-electron chi connectivity index (χ0n) is 21.8. The number of carbonyl (C=O) groups excluding carboxylic acids is 1. The van der Waals surface area contributed by atoms with Crippen LogP contribution >= 0.6 is 11.6 Å². The molecule has 0 fully saturated rings. The highest BCUT2D eigenvalue weighted by Gasteiger charge is 2.41. The van der Waals surface area contributed by atoms with Gasteiger partial charge in [0.15, 0.2) is 5.78 Å². The van der Waals surface area contributed by atoms with Crippen molar-refractivity contribution < 1.29 is 9.53 Å². The smallest absolute Gasteiger partial charge is 0.161 e. The van der Waals surface area contributed by atoms with Gasteiger partial charge in [0.25, 0.3) is 0 Å². The topological polar surface area (TPSA) is 79.3 Å². The molecule has 2 N–H and O–H groups in total. The van der Waals surface area contributed by atoms with Gasteiger partial charge in [-0.3, -0.25) is 9.69 Å². The number of ether oxygens (including phenoxy) is 1. The fraction of sp³-hybridized carbons (Fsp3) is 0.250. The van der Waals surface area contributed by atoms with Crippen LogP contribution in [0.25, 0.3) is 0 Å². The zero-order valence-corrected chi connectivity index (χ0v) is 22.6. The molecule has 0 spiro atoms. The van der Waals surface area contributed by atoms with Gasteiger partial charge in [-0.15, -0.1) is 0 Å². The lowest BCUT2D eigenvalue weighted by Crippen LogP contribution is -2.39. The Hall–Kier alpha value is -4.01. The Kier molecular flexibility index (Phi) is 7.01. The second kappa shape index (κ2) is 10.4. The van der Waals surface area contributed by atoms with Gasteiger partial charge in [-0.1, -0.05) is 47.5 Å². The van der Waals surface area contributed by atoms with E-state index in [1.54, 1.807) is 6.07 Å². The highest BCUT2D eigenvalue weighted by atomic mass is 35.5. The van der Waals surface area contributed by atoms with Crippen LogP contribution in [0.3, 0.4) is 0 Å². The summed E-state index contributed by atoms with van der Waals surface area (Å²) in [7, 11) is 0. The first kappa shape index (κ1) is 25.6. The van der Waals surface area contributed by atoms with E-state index >= 15 is 0 Å². The summed E-state index contributed by atoms with van der Waals surface area (Å²) in [5, 5.41) is 10.9. The molecule has 0 saturated carbocycles. The van der Waals surface area contributed by atoms with Crippen molar-refractivity contribution in [2.24, 2.45) is 5.73 Å². The van der Waals surface area contributed by atoms with Gasteiger partial charge in [-0.2, -0.15) is 5.26 Å². The summed E-state index contributed by atoms with van der Waals surface area (Å²) in [5.41, 5.74) is 14.5. The van der Waals surface area contributed by atoms with E-state index in [1.807, 2.05) is 61.2 Å². The number of carbonyl (C=O) groups is 1. The van der Waals surface area contributed by atoms with E-state index in [-0.39, 0.29) is 5.78 Å². The lowest BCUT2D eigenvalue weighted by molar-refractivity contribution is -0.116. The van der Waals surface area contributed by atoms with Crippen LogP contribution in [0.2, 0.25) is 5.02 Å². The Morgan fingerprint density at radius 1 is 1.05 bits per heavy atom. The summed E-state index contributed by atoms with van der Waals surface area (Å²) in [4.78, 5) is 15.4. The van der Waals surface area contributed by atoms with Crippen molar-refractivity contribution in [2.75, 3.05) is 4.90 Å². The number of aryl methyl sites for hydroxylation is 3. The summed E-state index contributed by atoms with van der Waals surface area (Å²) in [5.74, 6) is 0.657. The number of rotatable bonds is 5. The maximum Gasteiger partial charge on any atom is 0.161 e. The molecule has 0 aromatic heterocycles. The molecule has 0 radical (unpaired) electrons. The Morgan fingerprint density at radius 2 is 1.82 bits per heavy atom. The van der Waals surface area contributed by atoms with Crippen molar-refractivity contribution in [1.82, 2.24) is 0 Å². The predicted molar refractivity (Wildman–Crippen MR) is 151 cm³/mol. The molecule has 1 heterocycles. The first-order chi connectivity index (χ1) is 18.3. The van der Waals surface area contributed by atoms with E-state index in [9.17, 15) is 10.1 Å². The van der Waals surface area contributed by atoms with Crippen molar-refractivity contribution in [3.63, 3.8) is 0 Å². The summed E-state index contributed by atoms with van der Waals surface area (Å²) in [6, 6.07) is 21.8. The molecule has 0 bridgehead atoms. The van der Waals surface area contributed by atoms with Crippen LogP contribution in [0, 0.1) is 32.1 Å². The Bertz CT molecular complexity index is 1530. The van der Waals surface area contributed by atoms with Gasteiger partial charge in [-0.05, 0) is 86.2 Å². The van der Waals surface area contributed by atoms with Gasteiger partial charge < -0.3 is 10.5 Å². The summed E-state index contributed by atoms with van der Waals surface area (Å²) >= 11 is 6.30. The number of allylic oxidation sites excluding steroid dienone is 3. The third-order valence-electron chi connectivity index (χ3n) is 7.43. The molecule has 1 aliphatic carbocycles. The van der Waals surface area contributed by atoms with Crippen LogP contribution in [0.4, 0.5) is 5.69 Å². The van der Waals surface area contributed by atoms with Gasteiger partial charge in [0.05, 0.1) is 17.6 Å². The molecule has 2 aliphatic rings. The summed E-state index contributed by atoms with van der Waals surface area (Å²) < 4.78 is 6.10. The molecular formula is C32H30ClN3O2. The van der Waals surface area contributed by atoms with Crippen LogP contribution in [-0.2, 0) is 11.4 Å². The minimum absolute atomic E-state index is 0.0564. The fourth-order valence-corrected chi connectivity index (χ4v) is 5.67. The standard InChI is InChI=1S/C32H30ClN3O2/c1-19-10-12-25(13-11-19)38-18-22-15-26(21(3)14-20(22)2)30-27(17-34)32(35)36(24-7-4-6-23(33)16-24)28-8-5-9-29(37)31(28)30/h4,6-7,10-16,30H,5,8-9,18,35H2,1-3H3. The third-order valence-corrected chi connectivity index (χ3v) is 7.67. The highest BCUT2D eigenvalue weighted by molar-refractivity contribution is 6.30. The lowest BCUT2D eigenvalue weighted by Gasteiger charge is -2.40. The van der Waals surface area contributed by atoms with Crippen LogP contribution in [0.1, 0.15) is 53.0 Å². The molecule has 3 aromatic carbocycles. The fourth-order valence-electron chi connectivity index (χ4n) is 5.49. The summed E-state index contributed by atoms with van der Waals surface area (Å²) in [6.45, 7) is 6.50. The number of benzene rings is 3. The van der Waals surface area contributed by atoms with E-state index in [2.05, 4.69) is 25.1 Å². The molecule has 1 unspecified atom stereocenters. The SMILES string of the molecule is Cc1ccc(OCc2cc(C3C(C#N)=C(N)N(c4cccc(Cl)c4)C4=C3C(=O)CCC4)c(C)cc2C)cc1. The summed E-state index contributed by atoms with van der Waals surface area (Å²) in [6.07, 6.45) is 1.88.